The van der Waals surface area contributed by atoms with E-state index in [1.54, 1.807) is 18.2 Å². The standard InChI is InChI=1S/C20H22ClNO4/c1-12-6-5-7-17(15(12)4)22-18(23)10-25-19(24)11-26-20-13(2)8-16(21)9-14(20)3/h5-9H,10-11H2,1-4H3,(H,22,23). The fraction of sp³-hybridized carbons (Fsp3) is 0.300. The van der Waals surface area contributed by atoms with Gasteiger partial charge in [0.05, 0.1) is 0 Å². The van der Waals surface area contributed by atoms with E-state index >= 15 is 0 Å². The third-order valence-corrected chi connectivity index (χ3v) is 4.22. The molecule has 1 amide bonds. The average Bonchev–Trinajstić information content (AvgIpc) is 2.56. The van der Waals surface area contributed by atoms with Crippen molar-refractivity contribution in [1.82, 2.24) is 0 Å². The molecule has 0 aliphatic rings. The average molecular weight is 376 g/mol. The molecule has 2 rings (SSSR count). The normalized spacial score (nSPS) is 10.3. The molecule has 0 aliphatic carbocycles. The number of ether oxygens (including phenoxy) is 2. The molecule has 0 heterocycles. The highest BCUT2D eigenvalue weighted by atomic mass is 35.5. The quantitative estimate of drug-likeness (QED) is 0.771. The fourth-order valence-corrected chi connectivity index (χ4v) is 2.84. The minimum absolute atomic E-state index is 0.278. The minimum atomic E-state index is -0.616. The first-order valence-electron chi connectivity index (χ1n) is 8.19. The second-order valence-corrected chi connectivity index (χ2v) is 6.55. The topological polar surface area (TPSA) is 64.6 Å². The maximum atomic E-state index is 12.0. The summed E-state index contributed by atoms with van der Waals surface area (Å²) in [6, 6.07) is 9.13. The molecule has 0 bridgehead atoms. The Kier molecular flexibility index (Phi) is 6.64. The number of esters is 1. The Hall–Kier alpha value is -2.53. The molecule has 0 atom stereocenters. The second-order valence-electron chi connectivity index (χ2n) is 6.11. The van der Waals surface area contributed by atoms with E-state index in [0.29, 0.717) is 16.5 Å². The molecule has 0 fully saturated rings. The van der Waals surface area contributed by atoms with Crippen LogP contribution in [0.4, 0.5) is 5.69 Å². The third-order valence-electron chi connectivity index (χ3n) is 4.00. The highest BCUT2D eigenvalue weighted by Crippen LogP contribution is 2.27. The van der Waals surface area contributed by atoms with E-state index in [2.05, 4.69) is 5.32 Å². The first-order valence-corrected chi connectivity index (χ1v) is 8.57. The lowest BCUT2D eigenvalue weighted by molar-refractivity contribution is -0.149. The van der Waals surface area contributed by atoms with Crippen molar-refractivity contribution in [2.24, 2.45) is 0 Å². The van der Waals surface area contributed by atoms with Crippen molar-refractivity contribution < 1.29 is 19.1 Å². The zero-order valence-corrected chi connectivity index (χ0v) is 16.1. The summed E-state index contributed by atoms with van der Waals surface area (Å²) in [6.45, 7) is 6.92. The van der Waals surface area contributed by atoms with Crippen LogP contribution in [0.1, 0.15) is 22.3 Å². The van der Waals surface area contributed by atoms with Crippen LogP contribution in [0.5, 0.6) is 5.75 Å². The number of halogens is 1. The molecular weight excluding hydrogens is 354 g/mol. The predicted molar refractivity (Wildman–Crippen MR) is 102 cm³/mol. The first-order chi connectivity index (χ1) is 12.3. The highest BCUT2D eigenvalue weighted by Gasteiger charge is 2.12. The molecule has 26 heavy (non-hydrogen) atoms. The van der Waals surface area contributed by atoms with Crippen molar-refractivity contribution in [3.05, 3.63) is 57.6 Å². The number of nitrogens with one attached hydrogen (secondary N) is 1. The molecule has 138 valence electrons. The number of rotatable bonds is 6. The summed E-state index contributed by atoms with van der Waals surface area (Å²) in [5.41, 5.74) is 4.41. The fourth-order valence-electron chi connectivity index (χ4n) is 2.52. The Morgan fingerprint density at radius 2 is 1.65 bits per heavy atom. The van der Waals surface area contributed by atoms with Gasteiger partial charge in [0, 0.05) is 10.7 Å². The number of amides is 1. The summed E-state index contributed by atoms with van der Waals surface area (Å²) < 4.78 is 10.5. The molecule has 2 aromatic rings. The van der Waals surface area contributed by atoms with Crippen LogP contribution in [0.2, 0.25) is 5.02 Å². The molecule has 0 unspecified atom stereocenters. The smallest absolute Gasteiger partial charge is 0.344 e. The summed E-state index contributed by atoms with van der Waals surface area (Å²) in [5.74, 6) is -0.424. The van der Waals surface area contributed by atoms with Gasteiger partial charge in [-0.2, -0.15) is 0 Å². The van der Waals surface area contributed by atoms with E-state index in [1.807, 2.05) is 39.8 Å². The number of hydrogen-bond donors (Lipinski definition) is 1. The molecular formula is C20H22ClNO4. The van der Waals surface area contributed by atoms with Gasteiger partial charge in [0.15, 0.2) is 13.2 Å². The van der Waals surface area contributed by atoms with Crippen molar-refractivity contribution >= 4 is 29.2 Å². The lowest BCUT2D eigenvalue weighted by atomic mass is 10.1. The molecule has 5 nitrogen and oxygen atoms in total. The van der Waals surface area contributed by atoms with Crippen LogP contribution < -0.4 is 10.1 Å². The summed E-state index contributed by atoms with van der Waals surface area (Å²) in [6.07, 6.45) is 0. The first kappa shape index (κ1) is 19.8. The zero-order chi connectivity index (χ0) is 19.3. The number of hydrogen-bond acceptors (Lipinski definition) is 4. The van der Waals surface area contributed by atoms with Crippen LogP contribution in [0.25, 0.3) is 0 Å². The molecule has 1 N–H and O–H groups in total. The number of anilines is 1. The molecule has 0 spiro atoms. The highest BCUT2D eigenvalue weighted by molar-refractivity contribution is 6.30. The van der Waals surface area contributed by atoms with Crippen LogP contribution >= 0.6 is 11.6 Å². The molecule has 0 aliphatic heterocycles. The molecule has 2 aromatic carbocycles. The Morgan fingerprint density at radius 1 is 1.00 bits per heavy atom. The van der Waals surface area contributed by atoms with Crippen molar-refractivity contribution in [3.63, 3.8) is 0 Å². The van der Waals surface area contributed by atoms with Crippen molar-refractivity contribution in [1.29, 1.82) is 0 Å². The van der Waals surface area contributed by atoms with E-state index in [-0.39, 0.29) is 13.2 Å². The van der Waals surface area contributed by atoms with Crippen molar-refractivity contribution in [2.75, 3.05) is 18.5 Å². The Bertz CT molecular complexity index is 810. The van der Waals surface area contributed by atoms with Gasteiger partial charge in [-0.1, -0.05) is 23.7 Å². The molecule has 0 saturated heterocycles. The molecule has 0 saturated carbocycles. The summed E-state index contributed by atoms with van der Waals surface area (Å²) in [7, 11) is 0. The van der Waals surface area contributed by atoms with Crippen LogP contribution in [0.3, 0.4) is 0 Å². The Balaban J connectivity index is 1.83. The third kappa shape index (κ3) is 5.23. The monoisotopic (exact) mass is 375 g/mol. The molecule has 0 aromatic heterocycles. The van der Waals surface area contributed by atoms with Crippen LogP contribution in [-0.2, 0) is 14.3 Å². The summed E-state index contributed by atoms with van der Waals surface area (Å²) >= 11 is 5.97. The maximum Gasteiger partial charge on any atom is 0.344 e. The van der Waals surface area contributed by atoms with Crippen molar-refractivity contribution in [3.8, 4) is 5.75 Å². The summed E-state index contributed by atoms with van der Waals surface area (Å²) in [5, 5.41) is 3.34. The van der Waals surface area contributed by atoms with Crippen LogP contribution in [-0.4, -0.2) is 25.1 Å². The maximum absolute atomic E-state index is 12.0. The van der Waals surface area contributed by atoms with E-state index < -0.39 is 11.9 Å². The minimum Gasteiger partial charge on any atom is -0.481 e. The lowest BCUT2D eigenvalue weighted by Crippen LogP contribution is -2.24. The molecule has 6 heteroatoms. The predicted octanol–water partition coefficient (Wildman–Crippen LogP) is 4.13. The van der Waals surface area contributed by atoms with E-state index in [9.17, 15) is 9.59 Å². The lowest BCUT2D eigenvalue weighted by Gasteiger charge is -2.13. The number of aryl methyl sites for hydroxylation is 3. The summed E-state index contributed by atoms with van der Waals surface area (Å²) in [4.78, 5) is 23.8. The number of benzene rings is 2. The van der Waals surface area contributed by atoms with E-state index in [0.717, 1.165) is 22.3 Å². The largest absolute Gasteiger partial charge is 0.481 e. The van der Waals surface area contributed by atoms with E-state index in [1.165, 1.54) is 0 Å². The van der Waals surface area contributed by atoms with Gasteiger partial charge in [-0.15, -0.1) is 0 Å². The van der Waals surface area contributed by atoms with Gasteiger partial charge >= 0.3 is 5.97 Å². The van der Waals surface area contributed by atoms with Gasteiger partial charge in [0.1, 0.15) is 5.75 Å². The van der Waals surface area contributed by atoms with Crippen molar-refractivity contribution in [2.45, 2.75) is 27.7 Å². The van der Waals surface area contributed by atoms with Gasteiger partial charge in [-0.05, 0) is 68.1 Å². The SMILES string of the molecule is Cc1cccc(NC(=O)COC(=O)COc2c(C)cc(Cl)cc2C)c1C. The van der Waals surface area contributed by atoms with Gasteiger partial charge in [0.25, 0.3) is 5.91 Å². The Morgan fingerprint density at radius 3 is 2.31 bits per heavy atom. The molecule has 0 radical (unpaired) electrons. The van der Waals surface area contributed by atoms with Gasteiger partial charge < -0.3 is 14.8 Å². The van der Waals surface area contributed by atoms with Crippen LogP contribution in [0, 0.1) is 27.7 Å². The second kappa shape index (κ2) is 8.72. The zero-order valence-electron chi connectivity index (χ0n) is 15.3. The van der Waals surface area contributed by atoms with Gasteiger partial charge in [0.2, 0.25) is 0 Å². The van der Waals surface area contributed by atoms with E-state index in [4.69, 9.17) is 21.1 Å². The number of carbonyl (C=O) groups excluding carboxylic acids is 2. The number of carbonyl (C=O) groups is 2. The van der Waals surface area contributed by atoms with Gasteiger partial charge in [-0.25, -0.2) is 4.79 Å². The van der Waals surface area contributed by atoms with Gasteiger partial charge in [-0.3, -0.25) is 4.79 Å². The van der Waals surface area contributed by atoms with Crippen LogP contribution in [0.15, 0.2) is 30.3 Å². The Labute approximate surface area is 158 Å².